The molecule has 1 aromatic carbocycles. The summed E-state index contributed by atoms with van der Waals surface area (Å²) in [5.41, 5.74) is 3.59. The first-order valence-electron chi connectivity index (χ1n) is 8.15. The van der Waals surface area contributed by atoms with Gasteiger partial charge >= 0.3 is 5.97 Å². The Morgan fingerprint density at radius 3 is 2.42 bits per heavy atom. The molecule has 2 rings (SSSR count). The van der Waals surface area contributed by atoms with Gasteiger partial charge in [-0.1, -0.05) is 45.0 Å². The second-order valence-corrected chi connectivity index (χ2v) is 6.72. The van der Waals surface area contributed by atoms with Gasteiger partial charge in [-0.3, -0.25) is 0 Å². The molecular formula is C19H25N3O2. The molecular weight excluding hydrogens is 302 g/mol. The van der Waals surface area contributed by atoms with Gasteiger partial charge in [0.15, 0.2) is 5.69 Å². The number of carbonyl (C=O) groups excluding carboxylic acids is 1. The molecule has 1 N–H and O–H groups in total. The number of nitrogens with one attached hydrogen (secondary N) is 1. The summed E-state index contributed by atoms with van der Waals surface area (Å²) in [5.74, 6) is 0.225. The summed E-state index contributed by atoms with van der Waals surface area (Å²) in [6, 6.07) is 8.51. The molecule has 0 aliphatic carbocycles. The number of rotatable bonds is 5. The number of nitrogens with zero attached hydrogens (tertiary/aromatic N) is 2. The van der Waals surface area contributed by atoms with E-state index in [4.69, 9.17) is 4.74 Å². The van der Waals surface area contributed by atoms with Crippen LogP contribution in [-0.4, -0.2) is 22.5 Å². The normalized spacial score (nSPS) is 11.2. The van der Waals surface area contributed by atoms with E-state index in [1.54, 1.807) is 6.92 Å². The van der Waals surface area contributed by atoms with Crippen LogP contribution in [0, 0.1) is 6.92 Å². The molecule has 128 valence electrons. The number of anilines is 1. The average Bonchev–Trinajstić information content (AvgIpc) is 2.53. The van der Waals surface area contributed by atoms with E-state index in [9.17, 15) is 4.79 Å². The Kier molecular flexibility index (Phi) is 5.54. The zero-order valence-corrected chi connectivity index (χ0v) is 15.0. The number of esters is 1. The molecule has 0 bridgehead atoms. The lowest BCUT2D eigenvalue weighted by atomic mass is 9.87. The first-order chi connectivity index (χ1) is 11.3. The van der Waals surface area contributed by atoms with Gasteiger partial charge in [0.2, 0.25) is 0 Å². The number of ether oxygens (including phenoxy) is 1. The third kappa shape index (κ3) is 4.31. The van der Waals surface area contributed by atoms with Crippen molar-refractivity contribution >= 4 is 11.8 Å². The van der Waals surface area contributed by atoms with Crippen LogP contribution >= 0.6 is 0 Å². The van der Waals surface area contributed by atoms with Crippen molar-refractivity contribution in [3.8, 4) is 0 Å². The molecule has 1 aromatic heterocycles. The highest BCUT2D eigenvalue weighted by Gasteiger charge is 2.16. The molecule has 0 saturated carbocycles. The van der Waals surface area contributed by atoms with Crippen molar-refractivity contribution in [3.63, 3.8) is 0 Å². The van der Waals surface area contributed by atoms with Crippen molar-refractivity contribution in [2.75, 3.05) is 11.9 Å². The van der Waals surface area contributed by atoms with Gasteiger partial charge in [0.1, 0.15) is 12.1 Å². The average molecular weight is 327 g/mol. The van der Waals surface area contributed by atoms with Crippen LogP contribution in [0.1, 0.15) is 54.9 Å². The Bertz CT molecular complexity index is 704. The summed E-state index contributed by atoms with van der Waals surface area (Å²) in [7, 11) is 0. The maximum atomic E-state index is 11.9. The Hall–Kier alpha value is -2.43. The fourth-order valence-corrected chi connectivity index (χ4v) is 2.34. The molecule has 0 aliphatic rings. The summed E-state index contributed by atoms with van der Waals surface area (Å²) < 4.78 is 5.01. The number of carbonyl (C=O) groups is 1. The first kappa shape index (κ1) is 17.9. The Labute approximate surface area is 143 Å². The van der Waals surface area contributed by atoms with Gasteiger partial charge < -0.3 is 10.1 Å². The lowest BCUT2D eigenvalue weighted by Gasteiger charge is -2.19. The summed E-state index contributed by atoms with van der Waals surface area (Å²) >= 11 is 0. The first-order valence-corrected chi connectivity index (χ1v) is 8.15. The zero-order chi connectivity index (χ0) is 17.7. The van der Waals surface area contributed by atoms with Gasteiger partial charge in [-0.2, -0.15) is 0 Å². The molecule has 0 aliphatic heterocycles. The highest BCUT2D eigenvalue weighted by atomic mass is 16.5. The predicted octanol–water partition coefficient (Wildman–Crippen LogP) is 3.87. The molecule has 0 spiro atoms. The Morgan fingerprint density at radius 1 is 1.17 bits per heavy atom. The van der Waals surface area contributed by atoms with Gasteiger partial charge in [0.25, 0.3) is 0 Å². The largest absolute Gasteiger partial charge is 0.461 e. The van der Waals surface area contributed by atoms with E-state index < -0.39 is 5.97 Å². The van der Waals surface area contributed by atoms with Gasteiger partial charge in [-0.15, -0.1) is 0 Å². The molecule has 2 aromatic rings. The standard InChI is InChI=1S/C19H25N3O2/c1-6-24-18(23)16-13(2)17(22-12-21-16)20-11-14-7-9-15(10-8-14)19(3,4)5/h7-10,12H,6,11H2,1-5H3,(H,20,21,22). The van der Waals surface area contributed by atoms with Crippen LogP contribution in [0.15, 0.2) is 30.6 Å². The number of hydrogen-bond donors (Lipinski definition) is 1. The monoisotopic (exact) mass is 327 g/mol. The molecule has 0 fully saturated rings. The number of benzene rings is 1. The molecule has 0 saturated heterocycles. The highest BCUT2D eigenvalue weighted by Crippen LogP contribution is 2.22. The maximum Gasteiger partial charge on any atom is 0.357 e. The van der Waals surface area contributed by atoms with Crippen LogP contribution in [0.25, 0.3) is 0 Å². The number of hydrogen-bond acceptors (Lipinski definition) is 5. The third-order valence-corrected chi connectivity index (χ3v) is 3.83. The summed E-state index contributed by atoms with van der Waals surface area (Å²) in [4.78, 5) is 20.1. The van der Waals surface area contributed by atoms with Crippen molar-refractivity contribution in [2.45, 2.75) is 46.6 Å². The van der Waals surface area contributed by atoms with Crippen LogP contribution in [0.3, 0.4) is 0 Å². The highest BCUT2D eigenvalue weighted by molar-refractivity contribution is 5.90. The molecule has 5 nitrogen and oxygen atoms in total. The van der Waals surface area contributed by atoms with E-state index in [1.165, 1.54) is 11.9 Å². The molecule has 5 heteroatoms. The van der Waals surface area contributed by atoms with E-state index in [-0.39, 0.29) is 5.41 Å². The summed E-state index contributed by atoms with van der Waals surface area (Å²) in [6.07, 6.45) is 1.38. The van der Waals surface area contributed by atoms with E-state index in [2.05, 4.69) is 60.3 Å². The van der Waals surface area contributed by atoms with Crippen LogP contribution in [-0.2, 0) is 16.7 Å². The lowest BCUT2D eigenvalue weighted by molar-refractivity contribution is 0.0518. The second kappa shape index (κ2) is 7.43. The molecule has 1 heterocycles. The van der Waals surface area contributed by atoms with E-state index in [1.807, 2.05) is 6.92 Å². The SMILES string of the molecule is CCOC(=O)c1ncnc(NCc2ccc(C(C)(C)C)cc2)c1C. The fourth-order valence-electron chi connectivity index (χ4n) is 2.34. The van der Waals surface area contributed by atoms with Crippen molar-refractivity contribution in [3.05, 3.63) is 53.0 Å². The minimum atomic E-state index is -0.421. The smallest absolute Gasteiger partial charge is 0.357 e. The van der Waals surface area contributed by atoms with Crippen LogP contribution in [0.4, 0.5) is 5.82 Å². The molecule has 24 heavy (non-hydrogen) atoms. The van der Waals surface area contributed by atoms with Gasteiger partial charge in [0, 0.05) is 12.1 Å². The quantitative estimate of drug-likeness (QED) is 0.845. The topological polar surface area (TPSA) is 64.1 Å². The minimum Gasteiger partial charge on any atom is -0.461 e. The van der Waals surface area contributed by atoms with Gasteiger partial charge in [0.05, 0.1) is 6.61 Å². The van der Waals surface area contributed by atoms with Crippen molar-refractivity contribution < 1.29 is 9.53 Å². The predicted molar refractivity (Wildman–Crippen MR) is 95.2 cm³/mol. The van der Waals surface area contributed by atoms with Crippen molar-refractivity contribution in [1.29, 1.82) is 0 Å². The zero-order valence-electron chi connectivity index (χ0n) is 15.0. The molecule has 0 amide bonds. The second-order valence-electron chi connectivity index (χ2n) is 6.72. The van der Waals surface area contributed by atoms with Crippen LogP contribution in [0.5, 0.6) is 0 Å². The maximum absolute atomic E-state index is 11.9. The third-order valence-electron chi connectivity index (χ3n) is 3.83. The summed E-state index contributed by atoms with van der Waals surface area (Å²) in [5, 5.41) is 3.27. The van der Waals surface area contributed by atoms with Gasteiger partial charge in [-0.05, 0) is 30.4 Å². The molecule has 0 radical (unpaired) electrons. The van der Waals surface area contributed by atoms with Crippen molar-refractivity contribution in [1.82, 2.24) is 9.97 Å². The Balaban J connectivity index is 2.09. The fraction of sp³-hybridized carbons (Fsp3) is 0.421. The van der Waals surface area contributed by atoms with Crippen LogP contribution < -0.4 is 5.32 Å². The molecule has 0 unspecified atom stereocenters. The lowest BCUT2D eigenvalue weighted by Crippen LogP contribution is -2.13. The van der Waals surface area contributed by atoms with Crippen LogP contribution in [0.2, 0.25) is 0 Å². The van der Waals surface area contributed by atoms with E-state index in [0.29, 0.717) is 30.2 Å². The summed E-state index contributed by atoms with van der Waals surface area (Å²) in [6.45, 7) is 11.1. The molecule has 0 atom stereocenters. The Morgan fingerprint density at radius 2 is 1.83 bits per heavy atom. The van der Waals surface area contributed by atoms with Crippen molar-refractivity contribution in [2.24, 2.45) is 0 Å². The van der Waals surface area contributed by atoms with E-state index >= 15 is 0 Å². The minimum absolute atomic E-state index is 0.143. The number of aromatic nitrogens is 2. The van der Waals surface area contributed by atoms with Gasteiger partial charge in [-0.25, -0.2) is 14.8 Å². The van der Waals surface area contributed by atoms with E-state index in [0.717, 1.165) is 5.56 Å².